The van der Waals surface area contributed by atoms with E-state index in [0.29, 0.717) is 12.2 Å². The average molecular weight is 285 g/mol. The fraction of sp³-hybridized carbons (Fsp3) is 0.385. The Morgan fingerprint density at radius 2 is 1.95 bits per heavy atom. The van der Waals surface area contributed by atoms with Crippen LogP contribution in [0.15, 0.2) is 24.3 Å². The summed E-state index contributed by atoms with van der Waals surface area (Å²) in [6.45, 7) is 3.80. The molecule has 1 atom stereocenters. The predicted octanol–water partition coefficient (Wildman–Crippen LogP) is 2.38. The van der Waals surface area contributed by atoms with Crippen molar-refractivity contribution in [2.45, 2.75) is 19.1 Å². The number of halogens is 1. The smallest absolute Gasteiger partial charge is 0.316 e. The number of thioether (sulfide) groups is 1. The van der Waals surface area contributed by atoms with Gasteiger partial charge in [-0.25, -0.2) is 4.39 Å². The van der Waals surface area contributed by atoms with Crippen molar-refractivity contribution in [2.24, 2.45) is 0 Å². The molecule has 0 saturated heterocycles. The van der Waals surface area contributed by atoms with Gasteiger partial charge in [-0.05, 0) is 38.1 Å². The molecule has 0 aliphatic rings. The van der Waals surface area contributed by atoms with Gasteiger partial charge in [0.15, 0.2) is 0 Å². The third-order valence-electron chi connectivity index (χ3n) is 2.56. The molecule has 0 heterocycles. The zero-order valence-electron chi connectivity index (χ0n) is 10.8. The monoisotopic (exact) mass is 285 g/mol. The number of nitrogens with zero attached hydrogens (tertiary/aromatic N) is 1. The number of carbonyl (C=O) groups excluding carboxylic acids is 1. The summed E-state index contributed by atoms with van der Waals surface area (Å²) in [5.41, 5.74) is 0.609. The van der Waals surface area contributed by atoms with E-state index < -0.39 is 11.2 Å². The van der Waals surface area contributed by atoms with Crippen LogP contribution in [0.25, 0.3) is 0 Å². The summed E-state index contributed by atoms with van der Waals surface area (Å²) in [6.07, 6.45) is 0. The highest BCUT2D eigenvalue weighted by Crippen LogP contribution is 2.18. The molecule has 1 aromatic rings. The number of amides is 1. The number of carboxylic acids is 1. The van der Waals surface area contributed by atoms with E-state index in [9.17, 15) is 14.0 Å². The van der Waals surface area contributed by atoms with Crippen molar-refractivity contribution in [1.82, 2.24) is 0 Å². The van der Waals surface area contributed by atoms with Gasteiger partial charge in [-0.3, -0.25) is 9.59 Å². The van der Waals surface area contributed by atoms with E-state index in [2.05, 4.69) is 0 Å². The lowest BCUT2D eigenvalue weighted by molar-refractivity contribution is -0.136. The fourth-order valence-electron chi connectivity index (χ4n) is 1.47. The van der Waals surface area contributed by atoms with E-state index >= 15 is 0 Å². The van der Waals surface area contributed by atoms with Crippen molar-refractivity contribution in [3.8, 4) is 0 Å². The zero-order chi connectivity index (χ0) is 14.4. The van der Waals surface area contributed by atoms with E-state index in [0.717, 1.165) is 11.8 Å². The Hall–Kier alpha value is -1.56. The number of carboxylic acid groups (broad SMARTS) is 1. The van der Waals surface area contributed by atoms with Crippen LogP contribution >= 0.6 is 11.8 Å². The Balaban J connectivity index is 2.67. The van der Waals surface area contributed by atoms with Crippen molar-refractivity contribution in [3.05, 3.63) is 30.1 Å². The molecular weight excluding hydrogens is 269 g/mol. The molecule has 1 amide bonds. The predicted molar refractivity (Wildman–Crippen MR) is 74.0 cm³/mol. The van der Waals surface area contributed by atoms with Crippen LogP contribution in [0.5, 0.6) is 0 Å². The van der Waals surface area contributed by atoms with E-state index in [1.807, 2.05) is 6.92 Å². The van der Waals surface area contributed by atoms with Crippen LogP contribution < -0.4 is 4.90 Å². The largest absolute Gasteiger partial charge is 0.480 e. The lowest BCUT2D eigenvalue weighted by Gasteiger charge is -2.21. The van der Waals surface area contributed by atoms with Crippen molar-refractivity contribution >= 4 is 29.3 Å². The molecular formula is C13H16FNO3S. The number of hydrogen-bond acceptors (Lipinski definition) is 3. The van der Waals surface area contributed by atoms with Crippen molar-refractivity contribution < 1.29 is 19.1 Å². The summed E-state index contributed by atoms with van der Waals surface area (Å²) in [6, 6.07) is 5.64. The molecule has 4 nitrogen and oxygen atoms in total. The van der Waals surface area contributed by atoms with Crippen LogP contribution in [0.2, 0.25) is 0 Å². The number of aliphatic carboxylic acids is 1. The molecule has 1 rings (SSSR count). The van der Waals surface area contributed by atoms with Crippen LogP contribution in [0.4, 0.5) is 10.1 Å². The minimum absolute atomic E-state index is 0.0820. The highest BCUT2D eigenvalue weighted by atomic mass is 32.2. The molecule has 0 aliphatic heterocycles. The van der Waals surface area contributed by atoms with E-state index in [4.69, 9.17) is 5.11 Å². The maximum Gasteiger partial charge on any atom is 0.316 e. The van der Waals surface area contributed by atoms with Crippen molar-refractivity contribution in [1.29, 1.82) is 0 Å². The SMILES string of the molecule is CCN(C(=O)CSC(C)C(=O)O)c1ccc(F)cc1. The molecule has 0 aromatic heterocycles. The molecule has 0 bridgehead atoms. The molecule has 0 spiro atoms. The van der Waals surface area contributed by atoms with Gasteiger partial charge in [0, 0.05) is 12.2 Å². The second-order valence-corrected chi connectivity index (χ2v) is 5.23. The van der Waals surface area contributed by atoms with Crippen LogP contribution in [0.3, 0.4) is 0 Å². The van der Waals surface area contributed by atoms with Gasteiger partial charge >= 0.3 is 5.97 Å². The summed E-state index contributed by atoms with van der Waals surface area (Å²) < 4.78 is 12.8. The Kier molecular flexibility index (Phi) is 5.82. The topological polar surface area (TPSA) is 57.6 Å². The first-order chi connectivity index (χ1) is 8.95. The molecule has 0 fully saturated rings. The van der Waals surface area contributed by atoms with Gasteiger partial charge in [0.1, 0.15) is 5.82 Å². The summed E-state index contributed by atoms with van der Waals surface area (Å²) in [4.78, 5) is 24.2. The van der Waals surface area contributed by atoms with Crippen LogP contribution in [-0.2, 0) is 9.59 Å². The normalized spacial score (nSPS) is 11.9. The molecule has 1 unspecified atom stereocenters. The lowest BCUT2D eigenvalue weighted by atomic mass is 10.3. The minimum atomic E-state index is -0.942. The van der Waals surface area contributed by atoms with E-state index in [1.54, 1.807) is 0 Å². The van der Waals surface area contributed by atoms with Crippen molar-refractivity contribution in [2.75, 3.05) is 17.2 Å². The second kappa shape index (κ2) is 7.13. The molecule has 0 aliphatic carbocycles. The van der Waals surface area contributed by atoms with Gasteiger partial charge in [-0.15, -0.1) is 11.8 Å². The Bertz CT molecular complexity index is 450. The standard InChI is InChI=1S/C13H16FNO3S/c1-3-15(11-6-4-10(14)5-7-11)12(16)8-19-9(2)13(17)18/h4-7,9H,3,8H2,1-2H3,(H,17,18). The number of anilines is 1. The second-order valence-electron chi connectivity index (χ2n) is 3.91. The van der Waals surface area contributed by atoms with Crippen LogP contribution in [-0.4, -0.2) is 34.5 Å². The fourth-order valence-corrected chi connectivity index (χ4v) is 2.16. The number of rotatable bonds is 6. The lowest BCUT2D eigenvalue weighted by Crippen LogP contribution is -2.33. The first-order valence-corrected chi connectivity index (χ1v) is 6.91. The summed E-state index contributed by atoms with van der Waals surface area (Å²) in [5.74, 6) is -1.41. The summed E-state index contributed by atoms with van der Waals surface area (Å²) in [7, 11) is 0. The third kappa shape index (κ3) is 4.55. The van der Waals surface area contributed by atoms with E-state index in [-0.39, 0.29) is 17.5 Å². The van der Waals surface area contributed by atoms with Gasteiger partial charge in [-0.2, -0.15) is 0 Å². The Morgan fingerprint density at radius 3 is 2.42 bits per heavy atom. The third-order valence-corrected chi connectivity index (χ3v) is 3.68. The molecule has 0 saturated carbocycles. The number of carbonyl (C=O) groups is 2. The first-order valence-electron chi connectivity index (χ1n) is 5.86. The van der Waals surface area contributed by atoms with Gasteiger partial charge in [0.2, 0.25) is 5.91 Å². The number of benzene rings is 1. The van der Waals surface area contributed by atoms with Crippen molar-refractivity contribution in [3.63, 3.8) is 0 Å². The summed E-state index contributed by atoms with van der Waals surface area (Å²) in [5, 5.41) is 8.12. The Labute approximate surface area is 115 Å². The number of hydrogen-bond donors (Lipinski definition) is 1. The highest BCUT2D eigenvalue weighted by molar-refractivity contribution is 8.01. The average Bonchev–Trinajstić information content (AvgIpc) is 2.38. The molecule has 1 N–H and O–H groups in total. The summed E-state index contributed by atoms with van der Waals surface area (Å²) >= 11 is 1.07. The maximum absolute atomic E-state index is 12.8. The zero-order valence-corrected chi connectivity index (χ0v) is 11.6. The molecule has 104 valence electrons. The highest BCUT2D eigenvalue weighted by Gasteiger charge is 2.18. The first kappa shape index (κ1) is 15.5. The molecule has 19 heavy (non-hydrogen) atoms. The minimum Gasteiger partial charge on any atom is -0.480 e. The van der Waals surface area contributed by atoms with E-state index in [1.165, 1.54) is 36.1 Å². The van der Waals surface area contributed by atoms with Gasteiger partial charge in [0.25, 0.3) is 0 Å². The Morgan fingerprint density at radius 1 is 1.37 bits per heavy atom. The van der Waals surface area contributed by atoms with Gasteiger partial charge in [0.05, 0.1) is 11.0 Å². The molecule has 0 radical (unpaired) electrons. The van der Waals surface area contributed by atoms with Gasteiger partial charge < -0.3 is 10.0 Å². The molecule has 6 heteroatoms. The van der Waals surface area contributed by atoms with Crippen LogP contribution in [0.1, 0.15) is 13.8 Å². The van der Waals surface area contributed by atoms with Crippen LogP contribution in [0, 0.1) is 5.82 Å². The quantitative estimate of drug-likeness (QED) is 0.872. The maximum atomic E-state index is 12.8. The molecule has 1 aromatic carbocycles. The van der Waals surface area contributed by atoms with Gasteiger partial charge in [-0.1, -0.05) is 0 Å².